The van der Waals surface area contributed by atoms with Gasteiger partial charge < -0.3 is 0 Å². The van der Waals surface area contributed by atoms with Crippen molar-refractivity contribution in [2.75, 3.05) is 12.0 Å². The molecule has 0 amide bonds. The van der Waals surface area contributed by atoms with Crippen molar-refractivity contribution in [2.45, 2.75) is 26.7 Å². The molecule has 0 radical (unpaired) electrons. The first-order chi connectivity index (χ1) is 7.27. The van der Waals surface area contributed by atoms with Crippen molar-refractivity contribution in [1.82, 2.24) is 0 Å². The van der Waals surface area contributed by atoms with Gasteiger partial charge in [-0.05, 0) is 44.1 Å². The fourth-order valence-electron chi connectivity index (χ4n) is 1.60. The fourth-order valence-corrected chi connectivity index (χ4v) is 2.21. The molecule has 0 spiro atoms. The SMILES string of the molecule is C\C=C(C)/C1=C/C/C=C(/CSC)C/C=C\1. The average molecular weight is 220 g/mol. The lowest BCUT2D eigenvalue weighted by Crippen LogP contribution is -1.90. The Hall–Kier alpha value is -0.690. The molecule has 0 saturated heterocycles. The lowest BCUT2D eigenvalue weighted by atomic mass is 10.0. The summed E-state index contributed by atoms with van der Waals surface area (Å²) in [6, 6.07) is 0. The van der Waals surface area contributed by atoms with Crippen molar-refractivity contribution in [3.05, 3.63) is 47.1 Å². The lowest BCUT2D eigenvalue weighted by Gasteiger charge is -2.07. The molecule has 0 saturated carbocycles. The Labute approximate surface area is 97.8 Å². The van der Waals surface area contributed by atoms with Crippen LogP contribution in [0.4, 0.5) is 0 Å². The van der Waals surface area contributed by atoms with E-state index in [1.807, 2.05) is 11.8 Å². The number of hydrogen-bond donors (Lipinski definition) is 0. The summed E-state index contributed by atoms with van der Waals surface area (Å²) in [5, 5.41) is 0. The van der Waals surface area contributed by atoms with E-state index in [1.54, 1.807) is 5.57 Å². The Morgan fingerprint density at radius 1 is 1.47 bits per heavy atom. The van der Waals surface area contributed by atoms with Crippen molar-refractivity contribution < 1.29 is 0 Å². The van der Waals surface area contributed by atoms with Gasteiger partial charge in [-0.2, -0.15) is 11.8 Å². The molecule has 0 aromatic heterocycles. The molecule has 0 fully saturated rings. The molecule has 0 aliphatic heterocycles. The zero-order valence-corrected chi connectivity index (χ0v) is 10.7. The van der Waals surface area contributed by atoms with Gasteiger partial charge in [-0.3, -0.25) is 0 Å². The highest BCUT2D eigenvalue weighted by molar-refractivity contribution is 7.98. The van der Waals surface area contributed by atoms with Crippen LogP contribution in [0.2, 0.25) is 0 Å². The third-order valence-electron chi connectivity index (χ3n) is 2.64. The van der Waals surface area contributed by atoms with Crippen LogP contribution in [0.1, 0.15) is 26.7 Å². The summed E-state index contributed by atoms with van der Waals surface area (Å²) in [6.45, 7) is 4.27. The standard InChI is InChI=1S/C14H20S/c1-4-12(2)14-9-5-7-13(11-15-3)8-6-10-14/h4-5,8-10H,6-7,11H2,1-3H3/b9-5-,12-4-,13-8+,14-10+. The molecule has 0 N–H and O–H groups in total. The van der Waals surface area contributed by atoms with Crippen LogP contribution in [0.25, 0.3) is 0 Å². The van der Waals surface area contributed by atoms with Gasteiger partial charge in [-0.15, -0.1) is 0 Å². The van der Waals surface area contributed by atoms with Gasteiger partial charge in [0.25, 0.3) is 0 Å². The molecule has 1 aliphatic carbocycles. The molecular formula is C14H20S. The number of thioether (sulfide) groups is 1. The minimum Gasteiger partial charge on any atom is -0.161 e. The molecular weight excluding hydrogens is 200 g/mol. The Kier molecular flexibility index (Phi) is 5.56. The summed E-state index contributed by atoms with van der Waals surface area (Å²) >= 11 is 1.90. The van der Waals surface area contributed by atoms with Crippen molar-refractivity contribution in [2.24, 2.45) is 0 Å². The molecule has 1 aliphatic rings. The normalized spacial score (nSPS) is 27.0. The monoisotopic (exact) mass is 220 g/mol. The summed E-state index contributed by atoms with van der Waals surface area (Å²) < 4.78 is 0. The van der Waals surface area contributed by atoms with Crippen molar-refractivity contribution in [3.8, 4) is 0 Å². The molecule has 15 heavy (non-hydrogen) atoms. The summed E-state index contributed by atoms with van der Waals surface area (Å²) in [5.41, 5.74) is 4.29. The number of hydrogen-bond acceptors (Lipinski definition) is 1. The van der Waals surface area contributed by atoms with E-state index in [-0.39, 0.29) is 0 Å². The molecule has 1 heteroatoms. The molecule has 0 bridgehead atoms. The largest absolute Gasteiger partial charge is 0.161 e. The smallest absolute Gasteiger partial charge is 0.0143 e. The van der Waals surface area contributed by atoms with Crippen LogP contribution in [-0.2, 0) is 0 Å². The second-order valence-corrected chi connectivity index (χ2v) is 4.63. The summed E-state index contributed by atoms with van der Waals surface area (Å²) in [5.74, 6) is 1.16. The van der Waals surface area contributed by atoms with Crippen molar-refractivity contribution in [3.63, 3.8) is 0 Å². The highest BCUT2D eigenvalue weighted by atomic mass is 32.2. The highest BCUT2D eigenvalue weighted by Crippen LogP contribution is 2.18. The molecule has 0 atom stereocenters. The summed E-state index contributed by atoms with van der Waals surface area (Å²) in [4.78, 5) is 0. The van der Waals surface area contributed by atoms with Gasteiger partial charge >= 0.3 is 0 Å². The van der Waals surface area contributed by atoms with Gasteiger partial charge in [0, 0.05) is 5.75 Å². The third kappa shape index (κ3) is 4.13. The van der Waals surface area contributed by atoms with E-state index in [0.717, 1.165) is 18.6 Å². The highest BCUT2D eigenvalue weighted by Gasteiger charge is 1.99. The van der Waals surface area contributed by atoms with E-state index in [2.05, 4.69) is 50.5 Å². The first-order valence-corrected chi connectivity index (χ1v) is 6.84. The Balaban J connectivity index is 2.73. The van der Waals surface area contributed by atoms with E-state index < -0.39 is 0 Å². The molecule has 0 aromatic carbocycles. The van der Waals surface area contributed by atoms with Crippen LogP contribution < -0.4 is 0 Å². The molecule has 0 nitrogen and oxygen atoms in total. The lowest BCUT2D eigenvalue weighted by molar-refractivity contribution is 1.15. The maximum atomic E-state index is 2.36. The topological polar surface area (TPSA) is 0 Å². The Bertz CT molecular complexity index is 316. The van der Waals surface area contributed by atoms with Crippen molar-refractivity contribution >= 4 is 11.8 Å². The van der Waals surface area contributed by atoms with Gasteiger partial charge in [0.15, 0.2) is 0 Å². The zero-order valence-electron chi connectivity index (χ0n) is 9.92. The van der Waals surface area contributed by atoms with E-state index in [0.29, 0.717) is 0 Å². The minimum atomic E-state index is 1.07. The third-order valence-corrected chi connectivity index (χ3v) is 3.30. The summed E-state index contributed by atoms with van der Waals surface area (Å²) in [6.07, 6.45) is 15.7. The first kappa shape index (κ1) is 12.4. The van der Waals surface area contributed by atoms with Gasteiger partial charge in [0.1, 0.15) is 0 Å². The van der Waals surface area contributed by atoms with Crippen LogP contribution in [0, 0.1) is 0 Å². The van der Waals surface area contributed by atoms with Crippen LogP contribution in [0.5, 0.6) is 0 Å². The molecule has 0 heterocycles. The van der Waals surface area contributed by atoms with E-state index in [4.69, 9.17) is 0 Å². The minimum absolute atomic E-state index is 1.07. The fraction of sp³-hybridized carbons (Fsp3) is 0.429. The van der Waals surface area contributed by atoms with E-state index >= 15 is 0 Å². The van der Waals surface area contributed by atoms with E-state index in [1.165, 1.54) is 11.1 Å². The predicted octanol–water partition coefficient (Wildman–Crippen LogP) is 4.52. The quantitative estimate of drug-likeness (QED) is 0.630. The van der Waals surface area contributed by atoms with Gasteiger partial charge in [-0.25, -0.2) is 0 Å². The first-order valence-electron chi connectivity index (χ1n) is 5.44. The van der Waals surface area contributed by atoms with Crippen LogP contribution >= 0.6 is 11.8 Å². The second kappa shape index (κ2) is 6.73. The number of allylic oxidation sites excluding steroid dienone is 7. The molecule has 82 valence electrons. The predicted molar refractivity (Wildman–Crippen MR) is 72.4 cm³/mol. The maximum Gasteiger partial charge on any atom is 0.0143 e. The zero-order chi connectivity index (χ0) is 11.1. The molecule has 0 unspecified atom stereocenters. The van der Waals surface area contributed by atoms with Gasteiger partial charge in [0.05, 0.1) is 0 Å². The Morgan fingerprint density at radius 2 is 2.27 bits per heavy atom. The molecule has 1 rings (SSSR count). The summed E-state index contributed by atoms with van der Waals surface area (Å²) in [7, 11) is 0. The molecule has 0 aromatic rings. The van der Waals surface area contributed by atoms with Crippen LogP contribution in [-0.4, -0.2) is 12.0 Å². The van der Waals surface area contributed by atoms with Crippen molar-refractivity contribution in [1.29, 1.82) is 0 Å². The van der Waals surface area contributed by atoms with Crippen LogP contribution in [0.3, 0.4) is 0 Å². The maximum absolute atomic E-state index is 2.36. The van der Waals surface area contributed by atoms with Gasteiger partial charge in [0.2, 0.25) is 0 Å². The Morgan fingerprint density at radius 3 is 2.93 bits per heavy atom. The van der Waals surface area contributed by atoms with Crippen LogP contribution in [0.15, 0.2) is 47.1 Å². The number of rotatable bonds is 3. The van der Waals surface area contributed by atoms with Gasteiger partial charge in [-0.1, -0.05) is 36.0 Å². The average Bonchev–Trinajstić information content (AvgIpc) is 2.21. The van der Waals surface area contributed by atoms with E-state index in [9.17, 15) is 0 Å². The second-order valence-electron chi connectivity index (χ2n) is 3.77.